The SMILES string of the molecule is O=C(Cn1nc(C(F)(F)F)cc1C(F)(F)F)N1CCC(c2nc(C3=CC(c4ccccc4)ON3)cs2)CC1. The number of benzene rings is 1. The van der Waals surface area contributed by atoms with E-state index >= 15 is 0 Å². The minimum atomic E-state index is -5.08. The van der Waals surface area contributed by atoms with E-state index in [0.29, 0.717) is 12.8 Å². The van der Waals surface area contributed by atoms with Crippen molar-refractivity contribution in [3.8, 4) is 0 Å². The molecule has 1 aromatic carbocycles. The van der Waals surface area contributed by atoms with Gasteiger partial charge >= 0.3 is 12.4 Å². The average molecular weight is 558 g/mol. The first-order valence-corrected chi connectivity index (χ1v) is 12.5. The number of hydrogen-bond donors (Lipinski definition) is 1. The lowest BCUT2D eigenvalue weighted by atomic mass is 9.97. The fraction of sp³-hybridized carbons (Fsp3) is 0.375. The second-order valence-corrected chi connectivity index (χ2v) is 9.82. The van der Waals surface area contributed by atoms with Gasteiger partial charge in [-0.25, -0.2) is 4.98 Å². The van der Waals surface area contributed by atoms with Gasteiger partial charge in [-0.15, -0.1) is 11.3 Å². The Labute approximate surface area is 216 Å². The monoisotopic (exact) mass is 557 g/mol. The maximum absolute atomic E-state index is 13.2. The predicted molar refractivity (Wildman–Crippen MR) is 124 cm³/mol. The molecule has 38 heavy (non-hydrogen) atoms. The van der Waals surface area contributed by atoms with Gasteiger partial charge in [0.1, 0.15) is 18.3 Å². The quantitative estimate of drug-likeness (QED) is 0.426. The first-order chi connectivity index (χ1) is 18.0. The molecule has 2 aliphatic heterocycles. The van der Waals surface area contributed by atoms with Crippen LogP contribution in [0.2, 0.25) is 0 Å². The fourth-order valence-corrected chi connectivity index (χ4v) is 5.39. The number of piperidine rings is 1. The summed E-state index contributed by atoms with van der Waals surface area (Å²) in [6, 6.07) is 9.60. The number of alkyl halides is 6. The van der Waals surface area contributed by atoms with Crippen LogP contribution in [0.5, 0.6) is 0 Å². The molecule has 1 amide bonds. The molecule has 0 radical (unpaired) electrons. The zero-order chi connectivity index (χ0) is 27.1. The lowest BCUT2D eigenvalue weighted by molar-refractivity contribution is -0.146. The van der Waals surface area contributed by atoms with E-state index in [0.717, 1.165) is 22.0 Å². The molecule has 0 aliphatic carbocycles. The molecule has 202 valence electrons. The van der Waals surface area contributed by atoms with E-state index < -0.39 is 36.2 Å². The number of thiazole rings is 1. The van der Waals surface area contributed by atoms with Crippen LogP contribution >= 0.6 is 11.3 Å². The van der Waals surface area contributed by atoms with Crippen molar-refractivity contribution in [2.45, 2.75) is 43.8 Å². The number of rotatable bonds is 5. The third-order valence-electron chi connectivity index (χ3n) is 6.38. The predicted octanol–water partition coefficient (Wildman–Crippen LogP) is 5.40. The number of nitrogens with one attached hydrogen (secondary N) is 1. The van der Waals surface area contributed by atoms with Gasteiger partial charge in [0.15, 0.2) is 5.69 Å². The average Bonchev–Trinajstić information content (AvgIpc) is 3.63. The van der Waals surface area contributed by atoms with Gasteiger partial charge in [-0.1, -0.05) is 30.3 Å². The Hall–Kier alpha value is -3.39. The lowest BCUT2D eigenvalue weighted by Gasteiger charge is -2.31. The zero-order valence-electron chi connectivity index (χ0n) is 19.6. The number of amides is 1. The van der Waals surface area contributed by atoms with E-state index in [-0.39, 0.29) is 35.9 Å². The molecule has 3 aromatic rings. The summed E-state index contributed by atoms with van der Waals surface area (Å²) in [4.78, 5) is 24.3. The van der Waals surface area contributed by atoms with Crippen molar-refractivity contribution in [3.05, 3.63) is 75.5 Å². The Morgan fingerprint density at radius 1 is 1.08 bits per heavy atom. The van der Waals surface area contributed by atoms with E-state index in [1.807, 2.05) is 41.8 Å². The van der Waals surface area contributed by atoms with Crippen LogP contribution in [0.3, 0.4) is 0 Å². The molecule has 7 nitrogen and oxygen atoms in total. The standard InChI is InChI=1S/C24H21F6N5O2S/c25-23(26,27)19-11-20(24(28,29)30)35(32-19)12-21(36)34-8-6-15(7-9-34)22-31-17(13-38-22)16-10-18(37-33-16)14-4-2-1-3-5-14/h1-5,10-11,13,15,18,33H,6-9,12H2. The maximum atomic E-state index is 13.2. The molecule has 0 bridgehead atoms. The highest BCUT2D eigenvalue weighted by molar-refractivity contribution is 7.09. The molecule has 5 rings (SSSR count). The van der Waals surface area contributed by atoms with Crippen molar-refractivity contribution in [2.75, 3.05) is 13.1 Å². The molecule has 2 aliphatic rings. The van der Waals surface area contributed by atoms with Crippen molar-refractivity contribution >= 4 is 22.9 Å². The lowest BCUT2D eigenvalue weighted by Crippen LogP contribution is -2.40. The third kappa shape index (κ3) is 5.55. The molecule has 1 saturated heterocycles. The molecule has 0 spiro atoms. The number of halogens is 6. The van der Waals surface area contributed by atoms with E-state index in [1.165, 1.54) is 16.2 Å². The van der Waals surface area contributed by atoms with Crippen LogP contribution in [0.15, 0.2) is 47.9 Å². The third-order valence-corrected chi connectivity index (χ3v) is 7.39. The van der Waals surface area contributed by atoms with Crippen molar-refractivity contribution in [1.29, 1.82) is 0 Å². The number of hydroxylamine groups is 1. The molecule has 1 atom stereocenters. The molecule has 0 saturated carbocycles. The van der Waals surface area contributed by atoms with Crippen molar-refractivity contribution in [1.82, 2.24) is 25.1 Å². The molecular formula is C24H21F6N5O2S. The molecule has 4 heterocycles. The smallest absolute Gasteiger partial charge is 0.341 e. The highest BCUT2D eigenvalue weighted by Gasteiger charge is 2.42. The molecule has 2 aromatic heterocycles. The fourth-order valence-electron chi connectivity index (χ4n) is 4.40. The van der Waals surface area contributed by atoms with Gasteiger partial charge in [0, 0.05) is 30.5 Å². The molecular weight excluding hydrogens is 536 g/mol. The zero-order valence-corrected chi connectivity index (χ0v) is 20.4. The first kappa shape index (κ1) is 26.2. The summed E-state index contributed by atoms with van der Waals surface area (Å²) in [6.45, 7) is -0.444. The largest absolute Gasteiger partial charge is 0.435 e. The van der Waals surface area contributed by atoms with Crippen LogP contribution < -0.4 is 5.48 Å². The number of carbonyl (C=O) groups excluding carboxylic acids is 1. The molecule has 14 heteroatoms. The molecule has 1 N–H and O–H groups in total. The van der Waals surface area contributed by atoms with Crippen LogP contribution in [0.1, 0.15) is 52.5 Å². The topological polar surface area (TPSA) is 72.3 Å². The van der Waals surface area contributed by atoms with E-state index in [1.54, 1.807) is 0 Å². The van der Waals surface area contributed by atoms with Crippen LogP contribution in [-0.2, 0) is 28.5 Å². The normalized spacial score (nSPS) is 18.9. The van der Waals surface area contributed by atoms with Crippen LogP contribution in [0, 0.1) is 0 Å². The summed E-state index contributed by atoms with van der Waals surface area (Å²) in [5.74, 6) is -0.687. The summed E-state index contributed by atoms with van der Waals surface area (Å²) in [5, 5.41) is 5.76. The number of nitrogens with zero attached hydrogens (tertiary/aromatic N) is 4. The number of hydrogen-bond acceptors (Lipinski definition) is 6. The second kappa shape index (κ2) is 10.1. The summed E-state index contributed by atoms with van der Waals surface area (Å²) >= 11 is 1.47. The first-order valence-electron chi connectivity index (χ1n) is 11.6. The molecule has 1 fully saturated rings. The second-order valence-electron chi connectivity index (χ2n) is 8.93. The van der Waals surface area contributed by atoms with Gasteiger partial charge < -0.3 is 4.90 Å². The van der Waals surface area contributed by atoms with E-state index in [9.17, 15) is 31.1 Å². The minimum Gasteiger partial charge on any atom is -0.341 e. The van der Waals surface area contributed by atoms with Crippen LogP contribution in [0.4, 0.5) is 26.3 Å². The van der Waals surface area contributed by atoms with Crippen molar-refractivity contribution in [3.63, 3.8) is 0 Å². The van der Waals surface area contributed by atoms with E-state index in [4.69, 9.17) is 9.82 Å². The summed E-state index contributed by atoms with van der Waals surface area (Å²) < 4.78 is 78.5. The van der Waals surface area contributed by atoms with Crippen LogP contribution in [0.25, 0.3) is 5.70 Å². The van der Waals surface area contributed by atoms with Crippen LogP contribution in [-0.4, -0.2) is 38.7 Å². The minimum absolute atomic E-state index is 0.0397. The van der Waals surface area contributed by atoms with Gasteiger partial charge in [-0.3, -0.25) is 19.8 Å². The van der Waals surface area contributed by atoms with Crippen molar-refractivity contribution in [2.24, 2.45) is 0 Å². The summed E-state index contributed by atoms with van der Waals surface area (Å²) in [7, 11) is 0. The van der Waals surface area contributed by atoms with E-state index in [2.05, 4.69) is 10.6 Å². The Bertz CT molecular complexity index is 1330. The summed E-state index contributed by atoms with van der Waals surface area (Å²) in [5.41, 5.74) is 2.06. The Morgan fingerprint density at radius 2 is 1.79 bits per heavy atom. The number of likely N-dealkylation sites (tertiary alicyclic amines) is 1. The van der Waals surface area contributed by atoms with Crippen molar-refractivity contribution < 1.29 is 36.0 Å². The van der Waals surface area contributed by atoms with Gasteiger partial charge in [-0.2, -0.15) is 31.4 Å². The Morgan fingerprint density at radius 3 is 2.45 bits per heavy atom. The van der Waals surface area contributed by atoms with Gasteiger partial charge in [0.05, 0.1) is 16.4 Å². The Kier molecular flexibility index (Phi) is 6.94. The maximum Gasteiger partial charge on any atom is 0.435 e. The van der Waals surface area contributed by atoms with Gasteiger partial charge in [-0.05, 0) is 24.5 Å². The highest BCUT2D eigenvalue weighted by Crippen LogP contribution is 2.36. The Balaban J connectivity index is 1.20. The highest BCUT2D eigenvalue weighted by atomic mass is 32.1. The number of carbonyl (C=O) groups is 1. The van der Waals surface area contributed by atoms with Gasteiger partial charge in [0.25, 0.3) is 0 Å². The summed E-state index contributed by atoms with van der Waals surface area (Å²) in [6.07, 6.45) is -7.41. The van der Waals surface area contributed by atoms with Gasteiger partial charge in [0.2, 0.25) is 5.91 Å². The molecule has 1 unspecified atom stereocenters. The number of aromatic nitrogens is 3.